The van der Waals surface area contributed by atoms with Crippen molar-refractivity contribution < 1.29 is 18.7 Å². The lowest BCUT2D eigenvalue weighted by Crippen LogP contribution is -2.20. The van der Waals surface area contributed by atoms with E-state index in [0.717, 1.165) is 5.52 Å². The largest absolute Gasteiger partial charge is 0.489 e. The number of hydrogen-bond donors (Lipinski definition) is 2. The van der Waals surface area contributed by atoms with Crippen LogP contribution in [0.5, 0.6) is 11.5 Å². The number of halogens is 1. The number of aromatic amines is 1. The van der Waals surface area contributed by atoms with E-state index in [1.54, 1.807) is 36.4 Å². The molecule has 0 aliphatic heterocycles. The summed E-state index contributed by atoms with van der Waals surface area (Å²) in [4.78, 5) is 12.4. The first-order valence-electron chi connectivity index (χ1n) is 10.7. The number of amides is 1. The molecule has 0 aliphatic rings. The first kappa shape index (κ1) is 22.3. The maximum atomic E-state index is 13.8. The van der Waals surface area contributed by atoms with Gasteiger partial charge in [-0.15, -0.1) is 0 Å². The van der Waals surface area contributed by atoms with Crippen molar-refractivity contribution in [2.24, 2.45) is 0 Å². The molecule has 0 aliphatic carbocycles. The van der Waals surface area contributed by atoms with Crippen molar-refractivity contribution in [2.75, 3.05) is 11.9 Å². The average Bonchev–Trinajstić information content (AvgIpc) is 3.19. The fourth-order valence-electron chi connectivity index (χ4n) is 3.32. The minimum Gasteiger partial charge on any atom is -0.489 e. The molecule has 0 spiro atoms. The molecule has 3 aromatic carbocycles. The Morgan fingerprint density at radius 1 is 1.00 bits per heavy atom. The maximum Gasteiger partial charge on any atom is 0.263 e. The summed E-state index contributed by atoms with van der Waals surface area (Å²) in [5.74, 6) is 0.883. The van der Waals surface area contributed by atoms with Crippen molar-refractivity contribution in [3.63, 3.8) is 0 Å². The summed E-state index contributed by atoms with van der Waals surface area (Å²) in [6, 6.07) is 19.5. The lowest BCUT2D eigenvalue weighted by molar-refractivity contribution is -0.118. The Morgan fingerprint density at radius 3 is 2.45 bits per heavy atom. The van der Waals surface area contributed by atoms with Gasteiger partial charge in [-0.1, -0.05) is 51.1 Å². The first-order chi connectivity index (χ1) is 15.8. The van der Waals surface area contributed by atoms with E-state index < -0.39 is 0 Å². The first-order valence-corrected chi connectivity index (χ1v) is 10.7. The number of nitrogens with one attached hydrogen (secondary N) is 2. The van der Waals surface area contributed by atoms with Crippen LogP contribution in [0.1, 0.15) is 31.9 Å². The monoisotopic (exact) mass is 447 g/mol. The number of aromatic nitrogens is 2. The topological polar surface area (TPSA) is 76.2 Å². The van der Waals surface area contributed by atoms with Crippen LogP contribution in [-0.2, 0) is 16.8 Å². The predicted molar refractivity (Wildman–Crippen MR) is 126 cm³/mol. The van der Waals surface area contributed by atoms with Crippen molar-refractivity contribution in [2.45, 2.75) is 32.8 Å². The Kier molecular flexibility index (Phi) is 6.31. The number of fused-ring (bicyclic) bond motifs is 1. The third-order valence-corrected chi connectivity index (χ3v) is 5.23. The molecule has 0 atom stereocenters. The number of ether oxygens (including phenoxy) is 2. The van der Waals surface area contributed by atoms with Crippen LogP contribution in [0.3, 0.4) is 0 Å². The number of H-pyrrole nitrogens is 1. The Bertz CT molecular complexity index is 1260. The van der Waals surface area contributed by atoms with Gasteiger partial charge in [-0.3, -0.25) is 9.89 Å². The molecule has 0 fully saturated rings. The molecule has 1 amide bonds. The third-order valence-electron chi connectivity index (χ3n) is 5.23. The summed E-state index contributed by atoms with van der Waals surface area (Å²) < 4.78 is 25.2. The quantitative estimate of drug-likeness (QED) is 0.387. The number of carbonyl (C=O) groups is 1. The molecule has 0 radical (unpaired) electrons. The van der Waals surface area contributed by atoms with E-state index in [2.05, 4.69) is 36.3 Å². The van der Waals surface area contributed by atoms with Crippen LogP contribution in [0.15, 0.2) is 66.7 Å². The molecule has 0 bridgehead atoms. The summed E-state index contributed by atoms with van der Waals surface area (Å²) in [6.45, 7) is 6.37. The maximum absolute atomic E-state index is 13.8. The van der Waals surface area contributed by atoms with Crippen LogP contribution in [0, 0.1) is 5.82 Å². The number of anilines is 1. The van der Waals surface area contributed by atoms with Crippen LogP contribution in [0.4, 0.5) is 10.2 Å². The average molecular weight is 448 g/mol. The van der Waals surface area contributed by atoms with Crippen molar-refractivity contribution in [1.82, 2.24) is 10.2 Å². The van der Waals surface area contributed by atoms with Gasteiger partial charge in [-0.2, -0.15) is 5.10 Å². The van der Waals surface area contributed by atoms with E-state index in [1.165, 1.54) is 11.6 Å². The summed E-state index contributed by atoms with van der Waals surface area (Å²) in [5, 5.41) is 10.5. The van der Waals surface area contributed by atoms with Gasteiger partial charge in [-0.25, -0.2) is 4.39 Å². The molecule has 7 heteroatoms. The molecule has 4 rings (SSSR count). The fourth-order valence-corrected chi connectivity index (χ4v) is 3.32. The molecule has 6 nitrogen and oxygen atoms in total. The summed E-state index contributed by atoms with van der Waals surface area (Å²) >= 11 is 0. The summed E-state index contributed by atoms with van der Waals surface area (Å²) in [5.41, 5.74) is 2.44. The number of hydrogen-bond acceptors (Lipinski definition) is 4. The highest BCUT2D eigenvalue weighted by Crippen LogP contribution is 2.27. The normalized spacial score (nSPS) is 11.4. The Labute approximate surface area is 191 Å². The van der Waals surface area contributed by atoms with Gasteiger partial charge in [0.2, 0.25) is 0 Å². The molecule has 33 heavy (non-hydrogen) atoms. The zero-order chi connectivity index (χ0) is 23.4. The number of rotatable bonds is 7. The van der Waals surface area contributed by atoms with E-state index >= 15 is 0 Å². The van der Waals surface area contributed by atoms with E-state index in [0.29, 0.717) is 28.3 Å². The number of nitrogens with zero attached hydrogens (tertiary/aromatic N) is 1. The molecule has 170 valence electrons. The SMILES string of the molecule is CC(C)(C)c1ccc(OCC(=O)Nc2n[nH]c3ccc(OCc4ccccc4F)cc23)cc1. The third kappa shape index (κ3) is 5.49. The molecule has 1 heterocycles. The van der Waals surface area contributed by atoms with Crippen LogP contribution in [0.25, 0.3) is 10.9 Å². The van der Waals surface area contributed by atoms with E-state index in [-0.39, 0.29) is 30.4 Å². The molecule has 0 unspecified atom stereocenters. The predicted octanol–water partition coefficient (Wildman–Crippen LogP) is 5.60. The van der Waals surface area contributed by atoms with Crippen molar-refractivity contribution in [1.29, 1.82) is 0 Å². The van der Waals surface area contributed by atoms with Gasteiger partial charge in [0.1, 0.15) is 23.9 Å². The minimum atomic E-state index is -0.332. The smallest absolute Gasteiger partial charge is 0.263 e. The molecule has 4 aromatic rings. The number of benzene rings is 3. The van der Waals surface area contributed by atoms with Crippen LogP contribution in [0.2, 0.25) is 0 Å². The lowest BCUT2D eigenvalue weighted by Gasteiger charge is -2.19. The van der Waals surface area contributed by atoms with E-state index in [1.807, 2.05) is 24.3 Å². The highest BCUT2D eigenvalue weighted by molar-refractivity contribution is 6.00. The lowest BCUT2D eigenvalue weighted by atomic mass is 9.87. The highest BCUT2D eigenvalue weighted by Gasteiger charge is 2.14. The summed E-state index contributed by atoms with van der Waals surface area (Å²) in [7, 11) is 0. The highest BCUT2D eigenvalue weighted by atomic mass is 19.1. The molecule has 1 aromatic heterocycles. The van der Waals surface area contributed by atoms with Gasteiger partial charge in [-0.05, 0) is 47.4 Å². The number of carbonyl (C=O) groups excluding carboxylic acids is 1. The van der Waals surface area contributed by atoms with Crippen molar-refractivity contribution in [3.8, 4) is 11.5 Å². The van der Waals surface area contributed by atoms with Crippen LogP contribution in [-0.4, -0.2) is 22.7 Å². The minimum absolute atomic E-state index is 0.0503. The van der Waals surface area contributed by atoms with Crippen LogP contribution < -0.4 is 14.8 Å². The molecule has 2 N–H and O–H groups in total. The molecular weight excluding hydrogens is 421 g/mol. The fraction of sp³-hybridized carbons (Fsp3) is 0.231. The zero-order valence-electron chi connectivity index (χ0n) is 18.8. The van der Waals surface area contributed by atoms with Crippen molar-refractivity contribution >= 4 is 22.6 Å². The second-order valence-corrected chi connectivity index (χ2v) is 8.77. The Balaban J connectivity index is 1.38. The second kappa shape index (κ2) is 9.32. The van der Waals surface area contributed by atoms with Gasteiger partial charge in [0.15, 0.2) is 12.4 Å². The van der Waals surface area contributed by atoms with Gasteiger partial charge in [0.25, 0.3) is 5.91 Å². The van der Waals surface area contributed by atoms with Gasteiger partial charge < -0.3 is 14.8 Å². The summed E-state index contributed by atoms with van der Waals surface area (Å²) in [6.07, 6.45) is 0. The van der Waals surface area contributed by atoms with Crippen molar-refractivity contribution in [3.05, 3.63) is 83.7 Å². The van der Waals surface area contributed by atoms with Gasteiger partial charge >= 0.3 is 0 Å². The standard InChI is InChI=1S/C26H26FN3O3/c1-26(2,3)18-8-10-19(11-9-18)33-16-24(31)28-25-21-14-20(12-13-23(21)29-30-25)32-15-17-6-4-5-7-22(17)27/h4-14H,15-16H2,1-3H3,(H2,28,29,30,31). The van der Waals surface area contributed by atoms with Crippen LogP contribution >= 0.6 is 0 Å². The van der Waals surface area contributed by atoms with E-state index in [9.17, 15) is 9.18 Å². The Morgan fingerprint density at radius 2 is 1.73 bits per heavy atom. The van der Waals surface area contributed by atoms with Gasteiger partial charge in [0.05, 0.1) is 5.52 Å². The van der Waals surface area contributed by atoms with E-state index in [4.69, 9.17) is 9.47 Å². The molecule has 0 saturated heterocycles. The molecule has 0 saturated carbocycles. The Hall–Kier alpha value is -3.87. The second-order valence-electron chi connectivity index (χ2n) is 8.77. The molecular formula is C26H26FN3O3. The zero-order valence-corrected chi connectivity index (χ0v) is 18.8. The van der Waals surface area contributed by atoms with Gasteiger partial charge in [0, 0.05) is 10.9 Å².